The molecule has 5 heteroatoms. The summed E-state index contributed by atoms with van der Waals surface area (Å²) in [4.78, 5) is 12.4. The van der Waals surface area contributed by atoms with Gasteiger partial charge in [0.05, 0.1) is 12.7 Å². The van der Waals surface area contributed by atoms with Gasteiger partial charge in [-0.1, -0.05) is 12.1 Å². The first-order valence-electron chi connectivity index (χ1n) is 10.9. The smallest absolute Gasteiger partial charge is 0.227 e. The van der Waals surface area contributed by atoms with Gasteiger partial charge in [0.2, 0.25) is 5.71 Å². The van der Waals surface area contributed by atoms with Crippen LogP contribution in [0.1, 0.15) is 31.7 Å². The minimum absolute atomic E-state index is 0.467. The zero-order valence-corrected chi connectivity index (χ0v) is 15.4. The normalized spacial score (nSPS) is 21.5. The van der Waals surface area contributed by atoms with Crippen LogP contribution in [-0.2, 0) is 0 Å². The van der Waals surface area contributed by atoms with E-state index >= 15 is 0 Å². The van der Waals surface area contributed by atoms with E-state index in [-0.39, 0.29) is 0 Å². The molecular weight excluding hydrogens is 336 g/mol. The van der Waals surface area contributed by atoms with E-state index in [1.54, 1.807) is 17.3 Å². The summed E-state index contributed by atoms with van der Waals surface area (Å²) in [5.41, 5.74) is 3.75. The average molecular weight is 362 g/mol. The maximum atomic E-state index is 8.76. The molecule has 1 aromatic carbocycles. The largest absolute Gasteiger partial charge is 0.435 e. The van der Waals surface area contributed by atoms with Crippen LogP contribution in [-0.4, -0.2) is 22.2 Å². The molecule has 4 heterocycles. The molecule has 0 N–H and O–H groups in total. The Morgan fingerprint density at radius 2 is 1.96 bits per heavy atom. The molecule has 136 valence electrons. The molecular formula is C22H22N4O. The van der Waals surface area contributed by atoms with Crippen LogP contribution in [0.3, 0.4) is 0 Å². The highest BCUT2D eigenvalue weighted by atomic mass is 16.3. The lowest BCUT2D eigenvalue weighted by atomic mass is 10.1. The number of benzene rings is 1. The van der Waals surface area contributed by atoms with E-state index in [1.807, 2.05) is 55.1 Å². The quantitative estimate of drug-likeness (QED) is 0.478. The molecule has 27 heavy (non-hydrogen) atoms. The standard InChI is InChI=1S/C22H22N4O/c1-13(2)25-15(4)26(18-8-6-11-23-21(18)25)19-14(3)9-10-16-17-7-5-12-24-22(17)27-20(16)19/h5-13,15H,1-4H3/i1D3,13D. The number of fused-ring (bicyclic) bond motifs is 4. The fourth-order valence-corrected chi connectivity index (χ4v) is 4.06. The van der Waals surface area contributed by atoms with Crippen molar-refractivity contribution in [3.63, 3.8) is 0 Å². The van der Waals surface area contributed by atoms with Crippen LogP contribution < -0.4 is 9.80 Å². The Morgan fingerprint density at radius 3 is 2.81 bits per heavy atom. The van der Waals surface area contributed by atoms with Gasteiger partial charge in [-0.25, -0.2) is 9.97 Å². The number of aryl methyl sites for hydroxylation is 1. The summed E-state index contributed by atoms with van der Waals surface area (Å²) in [6.07, 6.45) is 2.84. The molecule has 3 aromatic heterocycles. The number of rotatable bonds is 2. The lowest BCUT2D eigenvalue weighted by molar-refractivity contribution is 0.597. The van der Waals surface area contributed by atoms with Crippen molar-refractivity contribution in [1.29, 1.82) is 0 Å². The van der Waals surface area contributed by atoms with Crippen molar-refractivity contribution in [2.75, 3.05) is 9.80 Å². The van der Waals surface area contributed by atoms with Gasteiger partial charge in [0, 0.05) is 33.3 Å². The predicted molar refractivity (Wildman–Crippen MR) is 110 cm³/mol. The molecule has 4 aromatic rings. The summed E-state index contributed by atoms with van der Waals surface area (Å²) < 4.78 is 38.9. The van der Waals surface area contributed by atoms with E-state index in [2.05, 4.69) is 9.97 Å². The zero-order valence-electron chi connectivity index (χ0n) is 19.4. The van der Waals surface area contributed by atoms with Crippen molar-refractivity contribution in [1.82, 2.24) is 9.97 Å². The summed E-state index contributed by atoms with van der Waals surface area (Å²) in [6, 6.07) is 9.72. The second kappa shape index (κ2) is 5.71. The number of aromatic nitrogens is 2. The Morgan fingerprint density at radius 1 is 1.15 bits per heavy atom. The van der Waals surface area contributed by atoms with Crippen LogP contribution in [0, 0.1) is 6.92 Å². The molecule has 5 rings (SSSR count). The second-order valence-electron chi connectivity index (χ2n) is 6.87. The Kier molecular flexibility index (Phi) is 2.61. The van der Waals surface area contributed by atoms with Crippen molar-refractivity contribution >= 4 is 39.3 Å². The number of pyridine rings is 2. The molecule has 0 fully saturated rings. The first-order chi connectivity index (χ1) is 14.6. The maximum Gasteiger partial charge on any atom is 0.227 e. The highest BCUT2D eigenvalue weighted by molar-refractivity contribution is 6.09. The minimum Gasteiger partial charge on any atom is -0.435 e. The zero-order chi connectivity index (χ0) is 22.1. The third kappa shape index (κ3) is 2.17. The Hall–Kier alpha value is -3.08. The summed E-state index contributed by atoms with van der Waals surface area (Å²) in [5, 5.41) is 1.85. The van der Waals surface area contributed by atoms with Gasteiger partial charge < -0.3 is 14.2 Å². The number of anilines is 3. The van der Waals surface area contributed by atoms with E-state index in [0.29, 0.717) is 17.1 Å². The third-order valence-corrected chi connectivity index (χ3v) is 5.20. The minimum atomic E-state index is -2.53. The van der Waals surface area contributed by atoms with Gasteiger partial charge in [0.25, 0.3) is 0 Å². The average Bonchev–Trinajstić information content (AvgIpc) is 3.22. The summed E-state index contributed by atoms with van der Waals surface area (Å²) in [7, 11) is 0. The number of hydrogen-bond acceptors (Lipinski definition) is 5. The molecule has 1 aliphatic heterocycles. The van der Waals surface area contributed by atoms with Crippen LogP contribution in [0.2, 0.25) is 0 Å². The van der Waals surface area contributed by atoms with Gasteiger partial charge in [-0.2, -0.15) is 0 Å². The van der Waals surface area contributed by atoms with E-state index in [9.17, 15) is 0 Å². The molecule has 5 nitrogen and oxygen atoms in total. The highest BCUT2D eigenvalue weighted by Crippen LogP contribution is 2.47. The fourth-order valence-electron chi connectivity index (χ4n) is 4.06. The van der Waals surface area contributed by atoms with Crippen molar-refractivity contribution < 1.29 is 9.90 Å². The first kappa shape index (κ1) is 12.3. The molecule has 0 aliphatic carbocycles. The lowest BCUT2D eigenvalue weighted by Gasteiger charge is -2.33. The Balaban J connectivity index is 1.79. The molecule has 0 saturated heterocycles. The number of furan rings is 1. The molecule has 2 unspecified atom stereocenters. The van der Waals surface area contributed by atoms with Gasteiger partial charge in [-0.3, -0.25) is 0 Å². The van der Waals surface area contributed by atoms with Gasteiger partial charge >= 0.3 is 0 Å². The van der Waals surface area contributed by atoms with Crippen molar-refractivity contribution in [3.8, 4) is 0 Å². The van der Waals surface area contributed by atoms with Crippen LogP contribution in [0.5, 0.6) is 0 Å². The third-order valence-electron chi connectivity index (χ3n) is 5.20. The van der Waals surface area contributed by atoms with Gasteiger partial charge in [-0.15, -0.1) is 0 Å². The first-order valence-corrected chi connectivity index (χ1v) is 8.93. The highest BCUT2D eigenvalue weighted by Gasteiger charge is 2.38. The lowest BCUT2D eigenvalue weighted by Crippen LogP contribution is -2.42. The SMILES string of the molecule is [2H]C([2H])([2H])C([2H])(C)N1c2ncccc2N(c2c(C)ccc3c2oc2ncccc23)C1C. The van der Waals surface area contributed by atoms with E-state index in [1.165, 1.54) is 6.92 Å². The topological polar surface area (TPSA) is 45.4 Å². The Labute approximate surface area is 163 Å². The van der Waals surface area contributed by atoms with E-state index < -0.39 is 19.0 Å². The summed E-state index contributed by atoms with van der Waals surface area (Å²) in [6.45, 7) is 2.76. The van der Waals surface area contributed by atoms with Crippen molar-refractivity contribution in [2.24, 2.45) is 0 Å². The predicted octanol–water partition coefficient (Wildman–Crippen LogP) is 5.40. The maximum absolute atomic E-state index is 8.76. The monoisotopic (exact) mass is 362 g/mol. The summed E-state index contributed by atoms with van der Waals surface area (Å²) in [5.74, 6) is 0.467. The van der Waals surface area contributed by atoms with Crippen molar-refractivity contribution in [3.05, 3.63) is 54.4 Å². The van der Waals surface area contributed by atoms with E-state index in [0.717, 1.165) is 27.7 Å². The molecule has 0 spiro atoms. The van der Waals surface area contributed by atoms with Crippen LogP contribution in [0.15, 0.2) is 53.2 Å². The molecule has 2 atom stereocenters. The van der Waals surface area contributed by atoms with Crippen LogP contribution in [0.4, 0.5) is 17.2 Å². The van der Waals surface area contributed by atoms with Crippen molar-refractivity contribution in [2.45, 2.75) is 39.8 Å². The fraction of sp³-hybridized carbons (Fsp3) is 0.273. The number of hydrogen-bond donors (Lipinski definition) is 0. The molecule has 0 bridgehead atoms. The molecule has 0 radical (unpaired) electrons. The van der Waals surface area contributed by atoms with Crippen LogP contribution in [0.25, 0.3) is 22.1 Å². The van der Waals surface area contributed by atoms with Gasteiger partial charge in [0.1, 0.15) is 6.17 Å². The Bertz CT molecular complexity index is 1310. The molecule has 1 aliphatic rings. The number of nitrogens with zero attached hydrogens (tertiary/aromatic N) is 4. The molecule has 0 saturated carbocycles. The van der Waals surface area contributed by atoms with Gasteiger partial charge in [0.15, 0.2) is 11.4 Å². The second-order valence-corrected chi connectivity index (χ2v) is 6.87. The molecule has 0 amide bonds. The van der Waals surface area contributed by atoms with Crippen LogP contribution >= 0.6 is 0 Å². The van der Waals surface area contributed by atoms with E-state index in [4.69, 9.17) is 9.90 Å². The summed E-state index contributed by atoms with van der Waals surface area (Å²) >= 11 is 0. The van der Waals surface area contributed by atoms with Gasteiger partial charge in [-0.05, 0) is 57.5 Å².